The molecule has 0 saturated heterocycles. The lowest BCUT2D eigenvalue weighted by Gasteiger charge is -2.20. The fourth-order valence-corrected chi connectivity index (χ4v) is 5.28. The Labute approximate surface area is 240 Å². The van der Waals surface area contributed by atoms with E-state index < -0.39 is 5.97 Å². The molecule has 0 spiro atoms. The number of nitrogens with zero attached hydrogens (tertiary/aromatic N) is 4. The Morgan fingerprint density at radius 2 is 1.95 bits per heavy atom. The van der Waals surface area contributed by atoms with Crippen molar-refractivity contribution in [3.8, 4) is 28.6 Å². The fraction of sp³-hybridized carbons (Fsp3) is 0.194. The number of carbonyl (C=O) groups is 1. The smallest absolute Gasteiger partial charge is 0.352 e. The van der Waals surface area contributed by atoms with Crippen molar-refractivity contribution in [2.75, 3.05) is 13.4 Å². The monoisotopic (exact) mass is 565 g/mol. The minimum Gasteiger partial charge on any atom is -0.490 e. The Kier molecular flexibility index (Phi) is 7.14. The Bertz CT molecular complexity index is 1880. The van der Waals surface area contributed by atoms with Crippen LogP contribution in [-0.2, 0) is 19.4 Å². The number of fused-ring (bicyclic) bond motifs is 2. The summed E-state index contributed by atoms with van der Waals surface area (Å²) in [4.78, 5) is 27.0. The molecule has 5 aromatic rings. The quantitative estimate of drug-likeness (QED) is 0.236. The van der Waals surface area contributed by atoms with E-state index in [1.54, 1.807) is 28.8 Å². The number of aromatic nitrogens is 5. The number of aromatic carboxylic acids is 1. The number of aromatic amines is 1. The molecule has 6 rings (SSSR count). The van der Waals surface area contributed by atoms with Gasteiger partial charge in [-0.3, -0.25) is 4.79 Å². The number of pyridine rings is 1. The van der Waals surface area contributed by atoms with Crippen LogP contribution in [0.25, 0.3) is 22.3 Å². The fourth-order valence-electron chi connectivity index (χ4n) is 5.28. The summed E-state index contributed by atoms with van der Waals surface area (Å²) in [6.45, 7) is 6.29. The third-order valence-corrected chi connectivity index (χ3v) is 7.22. The maximum Gasteiger partial charge on any atom is 0.352 e. The second-order valence-corrected chi connectivity index (χ2v) is 9.77. The zero-order chi connectivity index (χ0) is 29.2. The van der Waals surface area contributed by atoms with Crippen LogP contribution in [0.4, 0.5) is 0 Å². The topological polar surface area (TPSA) is 141 Å². The molecule has 0 unspecified atom stereocenters. The van der Waals surface area contributed by atoms with Crippen LogP contribution >= 0.6 is 0 Å². The van der Waals surface area contributed by atoms with Gasteiger partial charge in [0.2, 0.25) is 12.6 Å². The highest BCUT2D eigenvalue weighted by molar-refractivity contribution is 5.93. The lowest BCUT2D eigenvalue weighted by atomic mass is 9.97. The molecule has 3 aromatic carbocycles. The molecule has 0 amide bonds. The highest BCUT2D eigenvalue weighted by Gasteiger charge is 2.25. The van der Waals surface area contributed by atoms with Crippen molar-refractivity contribution < 1.29 is 24.1 Å². The molecule has 1 aliphatic heterocycles. The molecule has 0 radical (unpaired) electrons. The van der Waals surface area contributed by atoms with Gasteiger partial charge in [0, 0.05) is 29.5 Å². The summed E-state index contributed by atoms with van der Waals surface area (Å²) >= 11 is 0. The number of carboxylic acid groups (broad SMARTS) is 1. The maximum atomic E-state index is 14.1. The third kappa shape index (κ3) is 4.96. The van der Waals surface area contributed by atoms with Gasteiger partial charge in [-0.1, -0.05) is 37.8 Å². The van der Waals surface area contributed by atoms with Gasteiger partial charge in [-0.15, -0.1) is 10.2 Å². The van der Waals surface area contributed by atoms with Crippen LogP contribution in [0.5, 0.6) is 17.2 Å². The first-order valence-electron chi connectivity index (χ1n) is 13.4. The van der Waals surface area contributed by atoms with E-state index in [4.69, 9.17) is 14.2 Å². The average Bonchev–Trinajstić information content (AvgIpc) is 3.70. The molecule has 0 aliphatic carbocycles. The van der Waals surface area contributed by atoms with Crippen molar-refractivity contribution >= 4 is 16.9 Å². The molecule has 2 aromatic heterocycles. The number of aryl methyl sites for hydroxylation is 1. The molecule has 0 saturated carbocycles. The van der Waals surface area contributed by atoms with Crippen LogP contribution in [0.1, 0.15) is 39.7 Å². The van der Waals surface area contributed by atoms with Gasteiger partial charge in [-0.25, -0.2) is 4.79 Å². The molecule has 42 heavy (non-hydrogen) atoms. The SMILES string of the molecule is C=CCOc1ccc2c(c1)c(=O)c(Cc1cccc(-c3nn[nH]n3)c1)c(C(=O)O)n2Cc1cc2c(cc1CC)OCO2. The number of hydrogen-bond donors (Lipinski definition) is 2. The zero-order valence-electron chi connectivity index (χ0n) is 22.8. The second kappa shape index (κ2) is 11.2. The predicted octanol–water partition coefficient (Wildman–Crippen LogP) is 4.37. The zero-order valence-corrected chi connectivity index (χ0v) is 22.8. The van der Waals surface area contributed by atoms with E-state index in [0.717, 1.165) is 16.7 Å². The Morgan fingerprint density at radius 3 is 2.67 bits per heavy atom. The van der Waals surface area contributed by atoms with E-state index in [2.05, 4.69) is 27.2 Å². The van der Waals surface area contributed by atoms with Crippen molar-refractivity contribution in [2.45, 2.75) is 26.3 Å². The minimum absolute atomic E-state index is 0.0710. The van der Waals surface area contributed by atoms with Crippen LogP contribution in [-0.4, -0.2) is 49.7 Å². The summed E-state index contributed by atoms with van der Waals surface area (Å²) in [6.07, 6.45) is 2.38. The highest BCUT2D eigenvalue weighted by Crippen LogP contribution is 2.36. The number of ether oxygens (including phenoxy) is 3. The maximum absolute atomic E-state index is 14.1. The normalized spacial score (nSPS) is 12.0. The third-order valence-electron chi connectivity index (χ3n) is 7.22. The standard InChI is InChI=1S/C31H27N5O6/c1-3-10-40-22-8-9-25-23(15-22)29(37)24(12-18-6-5-7-20(11-18)30-32-34-35-33-30)28(31(38)39)36(25)16-21-14-27-26(41-17-42-27)13-19(21)4-2/h3,5-9,11,13-15H,1,4,10,12,16-17H2,2H3,(H,38,39)(H,32,33,34,35). The number of hydrogen-bond acceptors (Lipinski definition) is 8. The Morgan fingerprint density at radius 1 is 1.14 bits per heavy atom. The molecule has 0 fully saturated rings. The number of H-pyrrole nitrogens is 1. The van der Waals surface area contributed by atoms with E-state index in [9.17, 15) is 14.7 Å². The lowest BCUT2D eigenvalue weighted by molar-refractivity contribution is 0.0684. The van der Waals surface area contributed by atoms with Crippen LogP contribution in [0.2, 0.25) is 0 Å². The number of rotatable bonds is 10. The van der Waals surface area contributed by atoms with E-state index in [1.165, 1.54) is 0 Å². The van der Waals surface area contributed by atoms with Gasteiger partial charge in [0.1, 0.15) is 18.1 Å². The number of benzene rings is 3. The Hall–Kier alpha value is -5.45. The van der Waals surface area contributed by atoms with Crippen LogP contribution in [0, 0.1) is 0 Å². The largest absolute Gasteiger partial charge is 0.490 e. The van der Waals surface area contributed by atoms with Gasteiger partial charge >= 0.3 is 5.97 Å². The first-order chi connectivity index (χ1) is 20.5. The first kappa shape index (κ1) is 26.8. The van der Waals surface area contributed by atoms with Gasteiger partial charge < -0.3 is 23.9 Å². The minimum atomic E-state index is -1.20. The Balaban J connectivity index is 1.55. The molecular weight excluding hydrogens is 538 g/mol. The summed E-state index contributed by atoms with van der Waals surface area (Å²) in [5.74, 6) is 0.929. The number of carboxylic acids is 1. The van der Waals surface area contributed by atoms with Crippen LogP contribution < -0.4 is 19.6 Å². The first-order valence-corrected chi connectivity index (χ1v) is 13.4. The molecule has 2 N–H and O–H groups in total. The van der Waals surface area contributed by atoms with Crippen molar-refractivity contribution in [1.82, 2.24) is 25.2 Å². The van der Waals surface area contributed by atoms with Gasteiger partial charge in [-0.2, -0.15) is 5.21 Å². The van der Waals surface area contributed by atoms with Crippen molar-refractivity contribution in [1.29, 1.82) is 0 Å². The lowest BCUT2D eigenvalue weighted by Crippen LogP contribution is -2.25. The average molecular weight is 566 g/mol. The summed E-state index contributed by atoms with van der Waals surface area (Å²) in [7, 11) is 0. The summed E-state index contributed by atoms with van der Waals surface area (Å²) in [5, 5.41) is 25.0. The van der Waals surface area contributed by atoms with Crippen LogP contribution in [0.15, 0.2) is 72.0 Å². The number of tetrazole rings is 1. The molecular formula is C31H27N5O6. The van der Waals surface area contributed by atoms with E-state index in [0.29, 0.717) is 46.0 Å². The van der Waals surface area contributed by atoms with Crippen molar-refractivity contribution in [3.05, 3.63) is 105 Å². The van der Waals surface area contributed by atoms with Crippen molar-refractivity contribution in [3.63, 3.8) is 0 Å². The molecule has 0 atom stereocenters. The summed E-state index contributed by atoms with van der Waals surface area (Å²) in [6, 6.07) is 16.2. The predicted molar refractivity (Wildman–Crippen MR) is 154 cm³/mol. The number of nitrogens with one attached hydrogen (secondary N) is 1. The van der Waals surface area contributed by atoms with E-state index >= 15 is 0 Å². The molecule has 0 bridgehead atoms. The summed E-state index contributed by atoms with van der Waals surface area (Å²) in [5.41, 5.74) is 3.43. The van der Waals surface area contributed by atoms with Gasteiger partial charge in [0.25, 0.3) is 0 Å². The highest BCUT2D eigenvalue weighted by atomic mass is 16.7. The molecule has 212 valence electrons. The van der Waals surface area contributed by atoms with E-state index in [-0.39, 0.29) is 43.1 Å². The van der Waals surface area contributed by atoms with Gasteiger partial charge in [-0.05, 0) is 64.7 Å². The second-order valence-electron chi connectivity index (χ2n) is 9.77. The molecule has 11 nitrogen and oxygen atoms in total. The van der Waals surface area contributed by atoms with E-state index in [1.807, 2.05) is 43.3 Å². The van der Waals surface area contributed by atoms with Gasteiger partial charge in [0.15, 0.2) is 16.9 Å². The summed E-state index contributed by atoms with van der Waals surface area (Å²) < 4.78 is 18.6. The van der Waals surface area contributed by atoms with Crippen molar-refractivity contribution in [2.24, 2.45) is 0 Å². The molecule has 11 heteroatoms. The molecule has 3 heterocycles. The van der Waals surface area contributed by atoms with Crippen LogP contribution in [0.3, 0.4) is 0 Å². The molecule has 1 aliphatic rings. The van der Waals surface area contributed by atoms with Gasteiger partial charge in [0.05, 0.1) is 5.52 Å².